The molecule has 0 N–H and O–H groups in total. The van der Waals surface area contributed by atoms with Gasteiger partial charge in [-0.1, -0.05) is 48.0 Å². The molecule has 0 aliphatic carbocycles. The lowest BCUT2D eigenvalue weighted by Gasteiger charge is -2.23. The topological polar surface area (TPSA) is 85.7 Å². The third-order valence-electron chi connectivity index (χ3n) is 6.35. The number of esters is 1. The Bertz CT molecular complexity index is 1620. The molecule has 1 heterocycles. The Morgan fingerprint density at radius 2 is 1.62 bits per heavy atom. The first-order valence-electron chi connectivity index (χ1n) is 12.4. The van der Waals surface area contributed by atoms with E-state index in [4.69, 9.17) is 4.74 Å². The van der Waals surface area contributed by atoms with Gasteiger partial charge in [0.25, 0.3) is 10.0 Å². The van der Waals surface area contributed by atoms with Crippen molar-refractivity contribution in [3.8, 4) is 5.69 Å². The maximum Gasteiger partial charge on any atom is 0.338 e. The zero-order valence-corrected chi connectivity index (χ0v) is 22.9. The summed E-state index contributed by atoms with van der Waals surface area (Å²) in [6, 6.07) is 24.0. The van der Waals surface area contributed by atoms with Gasteiger partial charge in [0.05, 0.1) is 22.7 Å². The number of benzene rings is 3. The summed E-state index contributed by atoms with van der Waals surface area (Å²) in [5, 5.41) is 0. The first-order chi connectivity index (χ1) is 18.6. The van der Waals surface area contributed by atoms with Gasteiger partial charge in [-0.25, -0.2) is 13.2 Å². The number of sulfonamides is 1. The highest BCUT2D eigenvalue weighted by atomic mass is 32.2. The second-order valence-corrected chi connectivity index (χ2v) is 11.0. The number of aryl methyl sites for hydroxylation is 2. The Kier molecular flexibility index (Phi) is 8.16. The van der Waals surface area contributed by atoms with Crippen LogP contribution in [-0.4, -0.2) is 37.9 Å². The standard InChI is InChI=1S/C31H30N2O5S/c1-5-18-32(26-11-7-6-8-12-26)39(36,37)28-13-9-10-25(20-28)31(35)38-21-30(34)29-19-23(3)33(24(29)4)27-16-14-22(2)15-17-27/h5-17,19-20H,1,18,21H2,2-4H3. The Morgan fingerprint density at radius 3 is 2.28 bits per heavy atom. The van der Waals surface area contributed by atoms with Gasteiger partial charge in [-0.3, -0.25) is 9.10 Å². The van der Waals surface area contributed by atoms with E-state index in [9.17, 15) is 18.0 Å². The number of hydrogen-bond donors (Lipinski definition) is 0. The van der Waals surface area contributed by atoms with E-state index in [-0.39, 0.29) is 22.8 Å². The number of hydrogen-bond acceptors (Lipinski definition) is 5. The van der Waals surface area contributed by atoms with Gasteiger partial charge in [0.2, 0.25) is 5.78 Å². The summed E-state index contributed by atoms with van der Waals surface area (Å²) in [6.07, 6.45) is 1.49. The molecule has 8 heteroatoms. The van der Waals surface area contributed by atoms with Crippen LogP contribution in [0.3, 0.4) is 0 Å². The van der Waals surface area contributed by atoms with Crippen molar-refractivity contribution in [2.45, 2.75) is 25.7 Å². The molecule has 39 heavy (non-hydrogen) atoms. The lowest BCUT2D eigenvalue weighted by atomic mass is 10.1. The predicted molar refractivity (Wildman–Crippen MR) is 152 cm³/mol. The Hall–Kier alpha value is -4.43. The van der Waals surface area contributed by atoms with Crippen LogP contribution < -0.4 is 4.31 Å². The Labute approximate surface area is 229 Å². The lowest BCUT2D eigenvalue weighted by molar-refractivity contribution is 0.0474. The number of anilines is 1. The van der Waals surface area contributed by atoms with Crippen LogP contribution in [0.2, 0.25) is 0 Å². The molecular weight excluding hydrogens is 512 g/mol. The SMILES string of the molecule is C=CCN(c1ccccc1)S(=O)(=O)c1cccc(C(=O)OCC(=O)c2cc(C)n(-c3ccc(C)cc3)c2C)c1. The predicted octanol–water partition coefficient (Wildman–Crippen LogP) is 5.82. The number of carbonyl (C=O) groups is 2. The highest BCUT2D eigenvalue weighted by molar-refractivity contribution is 7.92. The van der Waals surface area contributed by atoms with Crippen molar-refractivity contribution in [3.63, 3.8) is 0 Å². The fraction of sp³-hybridized carbons (Fsp3) is 0.161. The lowest BCUT2D eigenvalue weighted by Crippen LogP contribution is -2.31. The quantitative estimate of drug-likeness (QED) is 0.143. The molecule has 0 spiro atoms. The van der Waals surface area contributed by atoms with Crippen molar-refractivity contribution in [3.05, 3.63) is 126 Å². The van der Waals surface area contributed by atoms with Gasteiger partial charge >= 0.3 is 5.97 Å². The maximum atomic E-state index is 13.4. The molecule has 0 aliphatic heterocycles. The van der Waals surface area contributed by atoms with Gasteiger partial charge in [0.1, 0.15) is 0 Å². The number of ketones is 1. The molecule has 0 atom stereocenters. The number of Topliss-reactive ketones (excluding diaryl/α,β-unsaturated/α-hetero) is 1. The first kappa shape index (κ1) is 27.6. The van der Waals surface area contributed by atoms with E-state index >= 15 is 0 Å². The molecule has 7 nitrogen and oxygen atoms in total. The molecule has 0 bridgehead atoms. The second-order valence-electron chi connectivity index (χ2n) is 9.14. The van der Waals surface area contributed by atoms with E-state index in [0.717, 1.165) is 22.6 Å². The molecule has 200 valence electrons. The minimum Gasteiger partial charge on any atom is -0.454 e. The molecule has 0 saturated heterocycles. The van der Waals surface area contributed by atoms with Crippen molar-refractivity contribution in [2.24, 2.45) is 0 Å². The van der Waals surface area contributed by atoms with E-state index in [2.05, 4.69) is 6.58 Å². The molecular formula is C31H30N2O5S. The molecule has 0 unspecified atom stereocenters. The maximum absolute atomic E-state index is 13.4. The number of aromatic nitrogens is 1. The number of carbonyl (C=O) groups excluding carboxylic acids is 2. The monoisotopic (exact) mass is 542 g/mol. The highest BCUT2D eigenvalue weighted by Gasteiger charge is 2.25. The average molecular weight is 543 g/mol. The summed E-state index contributed by atoms with van der Waals surface area (Å²) in [5.41, 5.74) is 4.65. The summed E-state index contributed by atoms with van der Waals surface area (Å²) in [6.45, 7) is 9.01. The largest absolute Gasteiger partial charge is 0.454 e. The molecule has 4 rings (SSSR count). The van der Waals surface area contributed by atoms with Crippen LogP contribution in [0, 0.1) is 20.8 Å². The minimum atomic E-state index is -4.00. The molecule has 1 aromatic heterocycles. The summed E-state index contributed by atoms with van der Waals surface area (Å²) in [7, 11) is -4.00. The van der Waals surface area contributed by atoms with Gasteiger partial charge in [0.15, 0.2) is 6.61 Å². The molecule has 0 fully saturated rings. The van der Waals surface area contributed by atoms with Crippen molar-refractivity contribution >= 4 is 27.5 Å². The Morgan fingerprint density at radius 1 is 0.923 bits per heavy atom. The first-order valence-corrected chi connectivity index (χ1v) is 13.8. The summed E-state index contributed by atoms with van der Waals surface area (Å²) < 4.78 is 35.3. The van der Waals surface area contributed by atoms with Gasteiger partial charge in [-0.05, 0) is 69.3 Å². The van der Waals surface area contributed by atoms with Crippen molar-refractivity contribution < 1.29 is 22.7 Å². The van der Waals surface area contributed by atoms with Gasteiger partial charge in [0, 0.05) is 22.6 Å². The van der Waals surface area contributed by atoms with E-state index < -0.39 is 22.6 Å². The van der Waals surface area contributed by atoms with E-state index in [1.54, 1.807) is 36.4 Å². The summed E-state index contributed by atoms with van der Waals surface area (Å²) in [4.78, 5) is 25.8. The van der Waals surface area contributed by atoms with E-state index in [0.29, 0.717) is 11.3 Å². The second kappa shape index (κ2) is 11.5. The average Bonchev–Trinajstić information content (AvgIpc) is 3.24. The normalized spacial score (nSPS) is 11.2. The minimum absolute atomic E-state index is 0.0283. The van der Waals surface area contributed by atoms with Crippen molar-refractivity contribution in [1.29, 1.82) is 0 Å². The van der Waals surface area contributed by atoms with Crippen LogP contribution in [0.15, 0.2) is 102 Å². The van der Waals surface area contributed by atoms with Crippen LogP contribution >= 0.6 is 0 Å². The third kappa shape index (κ3) is 5.86. The van der Waals surface area contributed by atoms with E-state index in [1.807, 2.05) is 49.6 Å². The van der Waals surface area contributed by atoms with Gasteiger partial charge < -0.3 is 9.30 Å². The fourth-order valence-electron chi connectivity index (χ4n) is 4.39. The highest BCUT2D eigenvalue weighted by Crippen LogP contribution is 2.25. The summed E-state index contributed by atoms with van der Waals surface area (Å²) >= 11 is 0. The van der Waals surface area contributed by atoms with Crippen LogP contribution in [0.5, 0.6) is 0 Å². The van der Waals surface area contributed by atoms with Gasteiger partial charge in [-0.2, -0.15) is 0 Å². The van der Waals surface area contributed by atoms with Crippen molar-refractivity contribution in [2.75, 3.05) is 17.5 Å². The van der Waals surface area contributed by atoms with Crippen molar-refractivity contribution in [1.82, 2.24) is 4.57 Å². The van der Waals surface area contributed by atoms with Crippen LogP contribution in [0.1, 0.15) is 37.7 Å². The van der Waals surface area contributed by atoms with E-state index in [1.165, 1.54) is 34.6 Å². The third-order valence-corrected chi connectivity index (χ3v) is 8.14. The van der Waals surface area contributed by atoms with Crippen LogP contribution in [0.25, 0.3) is 5.69 Å². The van der Waals surface area contributed by atoms with Crippen LogP contribution in [0.4, 0.5) is 5.69 Å². The number of ether oxygens (including phenoxy) is 1. The number of para-hydroxylation sites is 1. The Balaban J connectivity index is 1.51. The van der Waals surface area contributed by atoms with Crippen LogP contribution in [-0.2, 0) is 14.8 Å². The molecule has 0 amide bonds. The fourth-order valence-corrected chi connectivity index (χ4v) is 5.87. The molecule has 3 aromatic carbocycles. The van der Waals surface area contributed by atoms with Gasteiger partial charge in [-0.15, -0.1) is 6.58 Å². The number of nitrogens with zero attached hydrogens (tertiary/aromatic N) is 2. The smallest absolute Gasteiger partial charge is 0.338 e. The molecule has 0 aliphatic rings. The number of rotatable bonds is 10. The molecule has 4 aromatic rings. The molecule has 0 saturated carbocycles. The summed E-state index contributed by atoms with van der Waals surface area (Å²) in [5.74, 6) is -1.14. The zero-order valence-electron chi connectivity index (χ0n) is 22.1. The molecule has 0 radical (unpaired) electrons. The zero-order chi connectivity index (χ0) is 28.2.